The minimum Gasteiger partial charge on any atom is -0.481 e. The van der Waals surface area contributed by atoms with Crippen molar-refractivity contribution in [2.24, 2.45) is 0 Å². The largest absolute Gasteiger partial charge is 0.481 e. The average molecular weight is 252 g/mol. The molecule has 0 radical (unpaired) electrons. The molecule has 18 heavy (non-hydrogen) atoms. The number of hydrogen-bond acceptors (Lipinski definition) is 5. The molecule has 1 aromatic rings. The predicted octanol–water partition coefficient (Wildman–Crippen LogP) is -0.106. The summed E-state index contributed by atoms with van der Waals surface area (Å²) in [7, 11) is 1.71. The second kappa shape index (κ2) is 7.21. The van der Waals surface area contributed by atoms with Crippen LogP contribution in [0.1, 0.15) is 12.8 Å². The Bertz CT molecular complexity index is 397. The molecule has 1 rings (SSSR count). The van der Waals surface area contributed by atoms with Gasteiger partial charge in [0.15, 0.2) is 0 Å². The van der Waals surface area contributed by atoms with Gasteiger partial charge in [-0.15, -0.1) is 0 Å². The molecule has 1 aromatic heterocycles. The summed E-state index contributed by atoms with van der Waals surface area (Å²) in [5, 5.41) is 11.1. The van der Waals surface area contributed by atoms with Crippen LogP contribution in [0, 0.1) is 0 Å². The van der Waals surface area contributed by atoms with Crippen LogP contribution in [-0.2, 0) is 9.59 Å². The fourth-order valence-corrected chi connectivity index (χ4v) is 1.30. The van der Waals surface area contributed by atoms with Gasteiger partial charge in [-0.2, -0.15) is 0 Å². The lowest BCUT2D eigenvalue weighted by Crippen LogP contribution is -2.36. The van der Waals surface area contributed by atoms with Crippen molar-refractivity contribution in [3.05, 3.63) is 18.5 Å². The predicted molar refractivity (Wildman–Crippen MR) is 65.2 cm³/mol. The van der Waals surface area contributed by atoms with Crippen molar-refractivity contribution in [2.45, 2.75) is 12.8 Å². The minimum atomic E-state index is -0.862. The third-order valence-corrected chi connectivity index (χ3v) is 2.16. The molecule has 0 aliphatic rings. The average Bonchev–Trinajstić information content (AvgIpc) is 2.35. The summed E-state index contributed by atoms with van der Waals surface area (Å²) >= 11 is 0. The smallest absolute Gasteiger partial charge is 0.303 e. The number of rotatable bonds is 7. The van der Waals surface area contributed by atoms with Gasteiger partial charge in [-0.3, -0.25) is 9.59 Å². The van der Waals surface area contributed by atoms with Gasteiger partial charge in [0.05, 0.1) is 6.54 Å². The molecule has 7 heteroatoms. The molecule has 0 aromatic carbocycles. The van der Waals surface area contributed by atoms with Crippen molar-refractivity contribution >= 4 is 17.8 Å². The number of amides is 1. The van der Waals surface area contributed by atoms with Crippen LogP contribution in [0.4, 0.5) is 5.95 Å². The van der Waals surface area contributed by atoms with Gasteiger partial charge in [-0.05, 0) is 12.5 Å². The summed E-state index contributed by atoms with van der Waals surface area (Å²) in [5.74, 6) is -0.576. The Hall–Kier alpha value is -2.18. The molecule has 0 bridgehead atoms. The molecule has 0 spiro atoms. The van der Waals surface area contributed by atoms with Gasteiger partial charge in [0, 0.05) is 32.4 Å². The van der Waals surface area contributed by atoms with E-state index >= 15 is 0 Å². The summed E-state index contributed by atoms with van der Waals surface area (Å²) in [5.41, 5.74) is 0. The molecule has 1 amide bonds. The van der Waals surface area contributed by atoms with Crippen molar-refractivity contribution in [3.8, 4) is 0 Å². The number of nitrogens with zero attached hydrogens (tertiary/aromatic N) is 3. The second-order valence-corrected chi connectivity index (χ2v) is 3.75. The Morgan fingerprint density at radius 2 is 2.06 bits per heavy atom. The van der Waals surface area contributed by atoms with Crippen molar-refractivity contribution in [1.29, 1.82) is 0 Å². The maximum Gasteiger partial charge on any atom is 0.303 e. The molecular weight excluding hydrogens is 236 g/mol. The van der Waals surface area contributed by atoms with E-state index in [9.17, 15) is 9.59 Å². The van der Waals surface area contributed by atoms with Crippen molar-refractivity contribution in [1.82, 2.24) is 15.3 Å². The highest BCUT2D eigenvalue weighted by molar-refractivity contribution is 5.80. The Labute approximate surface area is 105 Å². The molecule has 2 N–H and O–H groups in total. The maximum absolute atomic E-state index is 11.5. The van der Waals surface area contributed by atoms with Crippen LogP contribution in [0.2, 0.25) is 0 Å². The zero-order valence-electron chi connectivity index (χ0n) is 10.2. The minimum absolute atomic E-state index is 0.0535. The monoisotopic (exact) mass is 252 g/mol. The summed E-state index contributed by atoms with van der Waals surface area (Å²) in [6, 6.07) is 1.70. The van der Waals surface area contributed by atoms with E-state index in [1.807, 2.05) is 0 Å². The quantitative estimate of drug-likeness (QED) is 0.658. The van der Waals surface area contributed by atoms with E-state index in [-0.39, 0.29) is 18.9 Å². The highest BCUT2D eigenvalue weighted by Gasteiger charge is 2.08. The lowest BCUT2D eigenvalue weighted by atomic mass is 10.3. The standard InChI is InChI=1S/C11H16N4O3/c1-15(11-13-6-3-7-14-11)8-9(16)12-5-2-4-10(17)18/h3,6-7H,2,4-5,8H2,1H3,(H,12,16)(H,17,18). The molecule has 0 aliphatic carbocycles. The van der Waals surface area contributed by atoms with E-state index in [0.717, 1.165) is 0 Å². The second-order valence-electron chi connectivity index (χ2n) is 3.75. The Balaban J connectivity index is 2.26. The number of carboxylic acids is 1. The third-order valence-electron chi connectivity index (χ3n) is 2.16. The van der Waals surface area contributed by atoms with Crippen LogP contribution >= 0.6 is 0 Å². The summed E-state index contributed by atoms with van der Waals surface area (Å²) < 4.78 is 0. The molecule has 7 nitrogen and oxygen atoms in total. The van der Waals surface area contributed by atoms with Crippen molar-refractivity contribution in [3.63, 3.8) is 0 Å². The van der Waals surface area contributed by atoms with Gasteiger partial charge in [0.2, 0.25) is 11.9 Å². The highest BCUT2D eigenvalue weighted by atomic mass is 16.4. The first-order valence-corrected chi connectivity index (χ1v) is 5.56. The number of likely N-dealkylation sites (N-methyl/N-ethyl adjacent to an activating group) is 1. The van der Waals surface area contributed by atoms with Gasteiger partial charge in [0.25, 0.3) is 0 Å². The first-order valence-electron chi connectivity index (χ1n) is 5.56. The van der Waals surface area contributed by atoms with E-state index < -0.39 is 5.97 Å². The first-order chi connectivity index (χ1) is 8.59. The van der Waals surface area contributed by atoms with Gasteiger partial charge >= 0.3 is 5.97 Å². The summed E-state index contributed by atoms with van der Waals surface area (Å²) in [6.07, 6.45) is 3.68. The maximum atomic E-state index is 11.5. The van der Waals surface area contributed by atoms with E-state index in [2.05, 4.69) is 15.3 Å². The number of anilines is 1. The van der Waals surface area contributed by atoms with Crippen molar-refractivity contribution < 1.29 is 14.7 Å². The normalized spacial score (nSPS) is 9.83. The number of carbonyl (C=O) groups excluding carboxylic acids is 1. The molecule has 0 atom stereocenters. The number of carbonyl (C=O) groups is 2. The first kappa shape index (κ1) is 13.9. The van der Waals surface area contributed by atoms with Gasteiger partial charge in [0.1, 0.15) is 0 Å². The topological polar surface area (TPSA) is 95.4 Å². The van der Waals surface area contributed by atoms with Gasteiger partial charge in [-0.1, -0.05) is 0 Å². The van der Waals surface area contributed by atoms with Crippen LogP contribution < -0.4 is 10.2 Å². The Morgan fingerprint density at radius 1 is 1.39 bits per heavy atom. The Kier molecular flexibility index (Phi) is 5.56. The number of aromatic nitrogens is 2. The van der Waals surface area contributed by atoms with E-state index in [1.54, 1.807) is 30.4 Å². The van der Waals surface area contributed by atoms with Crippen LogP contribution in [0.5, 0.6) is 0 Å². The number of carboxylic acid groups (broad SMARTS) is 1. The molecule has 1 heterocycles. The molecule has 0 aliphatic heterocycles. The van der Waals surface area contributed by atoms with Gasteiger partial charge < -0.3 is 15.3 Å². The van der Waals surface area contributed by atoms with E-state index in [4.69, 9.17) is 5.11 Å². The van der Waals surface area contributed by atoms with Crippen LogP contribution in [0.3, 0.4) is 0 Å². The molecular formula is C11H16N4O3. The fourth-order valence-electron chi connectivity index (χ4n) is 1.30. The number of hydrogen-bond donors (Lipinski definition) is 2. The lowest BCUT2D eigenvalue weighted by molar-refractivity contribution is -0.137. The molecule has 0 fully saturated rings. The zero-order chi connectivity index (χ0) is 13.4. The Morgan fingerprint density at radius 3 is 2.67 bits per heavy atom. The molecule has 0 saturated carbocycles. The molecule has 98 valence electrons. The third kappa shape index (κ3) is 5.24. The lowest BCUT2D eigenvalue weighted by Gasteiger charge is -2.15. The molecule has 0 unspecified atom stereocenters. The van der Waals surface area contributed by atoms with Gasteiger partial charge in [-0.25, -0.2) is 9.97 Å². The number of aliphatic carboxylic acids is 1. The van der Waals surface area contributed by atoms with E-state index in [0.29, 0.717) is 18.9 Å². The summed E-state index contributed by atoms with van der Waals surface area (Å²) in [4.78, 5) is 31.4. The van der Waals surface area contributed by atoms with Crippen LogP contribution in [0.15, 0.2) is 18.5 Å². The fraction of sp³-hybridized carbons (Fsp3) is 0.455. The number of nitrogens with one attached hydrogen (secondary N) is 1. The summed E-state index contributed by atoms with van der Waals surface area (Å²) in [6.45, 7) is 0.492. The van der Waals surface area contributed by atoms with Crippen LogP contribution in [0.25, 0.3) is 0 Å². The van der Waals surface area contributed by atoms with E-state index in [1.165, 1.54) is 0 Å². The van der Waals surface area contributed by atoms with Crippen molar-refractivity contribution in [2.75, 3.05) is 25.0 Å². The highest BCUT2D eigenvalue weighted by Crippen LogP contribution is 2.00. The molecule has 0 saturated heterocycles. The van der Waals surface area contributed by atoms with Crippen LogP contribution in [-0.4, -0.2) is 47.1 Å². The SMILES string of the molecule is CN(CC(=O)NCCCC(=O)O)c1ncccn1. The zero-order valence-corrected chi connectivity index (χ0v) is 10.2.